The summed E-state index contributed by atoms with van der Waals surface area (Å²) in [4.78, 5) is 8.33. The van der Waals surface area contributed by atoms with E-state index in [1.54, 1.807) is 0 Å². The van der Waals surface area contributed by atoms with Crippen LogP contribution in [0, 0.1) is 0 Å². The molecule has 0 aromatic carbocycles. The zero-order chi connectivity index (χ0) is 3.58. The van der Waals surface area contributed by atoms with Gasteiger partial charge >= 0.3 is 37.7 Å². The van der Waals surface area contributed by atoms with Crippen LogP contribution in [-0.4, -0.2) is 28.1 Å². The molecule has 0 fully saturated rings. The SMILES string of the molecule is O=C([O-])[O-].[Li+].[Li+].[OH-].[OH-].[OH-].[OH-].[Ti]. The van der Waals surface area contributed by atoms with Crippen LogP contribution in [0.5, 0.6) is 0 Å². The van der Waals surface area contributed by atoms with Crippen LogP contribution in [-0.2, 0) is 21.7 Å². The molecular weight excluding hydrogens is 186 g/mol. The Morgan fingerprint density at radius 1 is 0.818 bits per heavy atom. The monoisotopic (exact) mass is 190 g/mol. The Bertz CT molecular complexity index is 39.4. The third-order valence-corrected chi connectivity index (χ3v) is 0. The van der Waals surface area contributed by atoms with Gasteiger partial charge in [-0.05, 0) is 6.16 Å². The second kappa shape index (κ2) is 68.5. The van der Waals surface area contributed by atoms with Gasteiger partial charge in [-0.3, -0.25) is 0 Å². The molecule has 0 amide bonds. The summed E-state index contributed by atoms with van der Waals surface area (Å²) >= 11 is 0. The van der Waals surface area contributed by atoms with Gasteiger partial charge in [-0.15, -0.1) is 0 Å². The molecule has 10 heteroatoms. The fraction of sp³-hybridized carbons (Fsp3) is 0. The van der Waals surface area contributed by atoms with Gasteiger partial charge in [0.2, 0.25) is 0 Å². The Kier molecular flexibility index (Phi) is 562. The largest absolute Gasteiger partial charge is 1.00 e. The van der Waals surface area contributed by atoms with Gasteiger partial charge in [0.05, 0.1) is 0 Å². The summed E-state index contributed by atoms with van der Waals surface area (Å²) in [6.07, 6.45) is -2.33. The summed E-state index contributed by atoms with van der Waals surface area (Å²) in [5.41, 5.74) is 0. The first-order valence-electron chi connectivity index (χ1n) is 0.612. The van der Waals surface area contributed by atoms with Crippen molar-refractivity contribution in [1.82, 2.24) is 0 Å². The molecule has 0 unspecified atom stereocenters. The van der Waals surface area contributed by atoms with Crippen LogP contribution in [0.3, 0.4) is 0 Å². The summed E-state index contributed by atoms with van der Waals surface area (Å²) in [5, 5.41) is 16.7. The third-order valence-electron chi connectivity index (χ3n) is 0. The van der Waals surface area contributed by atoms with Crippen LogP contribution in [0.2, 0.25) is 0 Å². The number of hydrogen-bond donors (Lipinski definition) is 0. The smallest absolute Gasteiger partial charge is 0.870 e. The molecule has 7 nitrogen and oxygen atoms in total. The molecule has 0 saturated heterocycles. The second-order valence-electron chi connectivity index (χ2n) is 0.250. The van der Waals surface area contributed by atoms with Crippen molar-refractivity contribution >= 4 is 6.16 Å². The Morgan fingerprint density at radius 2 is 0.818 bits per heavy atom. The summed E-state index contributed by atoms with van der Waals surface area (Å²) in [6, 6.07) is 0. The van der Waals surface area contributed by atoms with Crippen molar-refractivity contribution in [1.29, 1.82) is 0 Å². The van der Waals surface area contributed by atoms with Gasteiger partial charge in [0, 0.05) is 21.7 Å². The van der Waals surface area contributed by atoms with Crippen LogP contribution < -0.4 is 47.9 Å². The molecule has 0 heterocycles. The van der Waals surface area contributed by atoms with Gasteiger partial charge in [0.25, 0.3) is 0 Å². The molecule has 0 radical (unpaired) electrons. The maximum Gasteiger partial charge on any atom is 1.00 e. The van der Waals surface area contributed by atoms with Crippen molar-refractivity contribution in [2.24, 2.45) is 0 Å². The number of carboxylic acid groups (broad SMARTS) is 2. The van der Waals surface area contributed by atoms with E-state index in [0.29, 0.717) is 0 Å². The van der Waals surface area contributed by atoms with E-state index in [0.717, 1.165) is 0 Å². The molecule has 60 valence electrons. The minimum absolute atomic E-state index is 0. The molecule has 0 aliphatic rings. The molecule has 0 spiro atoms. The Morgan fingerprint density at radius 3 is 0.818 bits per heavy atom. The van der Waals surface area contributed by atoms with Gasteiger partial charge in [-0.2, -0.15) is 0 Å². The predicted octanol–water partition coefficient (Wildman–Crippen LogP) is -9.15. The van der Waals surface area contributed by atoms with E-state index < -0.39 is 6.16 Å². The fourth-order valence-electron chi connectivity index (χ4n) is 0. The van der Waals surface area contributed by atoms with Crippen molar-refractivity contribution < 1.29 is 96.4 Å². The van der Waals surface area contributed by atoms with E-state index in [-0.39, 0.29) is 81.3 Å². The quantitative estimate of drug-likeness (QED) is 0.339. The number of carbonyl (C=O) groups excluding carboxylic acids is 1. The Hall–Kier alpha value is 1.02. The number of carbonyl (C=O) groups is 1. The normalized spacial score (nSPS) is 2.18. The van der Waals surface area contributed by atoms with E-state index in [9.17, 15) is 0 Å². The molecule has 0 aliphatic carbocycles. The van der Waals surface area contributed by atoms with E-state index in [1.807, 2.05) is 0 Å². The summed E-state index contributed by atoms with van der Waals surface area (Å²) in [6.45, 7) is 0. The first-order chi connectivity index (χ1) is 1.73. The van der Waals surface area contributed by atoms with Gasteiger partial charge in [0.15, 0.2) is 0 Å². The third kappa shape index (κ3) is 863. The summed E-state index contributed by atoms with van der Waals surface area (Å²) in [7, 11) is 0. The van der Waals surface area contributed by atoms with Crippen molar-refractivity contribution in [3.63, 3.8) is 0 Å². The Balaban J connectivity index is -0.00000000214. The molecule has 0 saturated carbocycles. The standard InChI is InChI=1S/CH2O3.2Li.4H2O.Ti/c2-1(3)4;;;;;;;/h(H2,2,3,4);;;4*1H2;/q;2*+1;;;;;/p-6. The van der Waals surface area contributed by atoms with Crippen molar-refractivity contribution in [2.45, 2.75) is 0 Å². The summed E-state index contributed by atoms with van der Waals surface area (Å²) < 4.78 is 0. The molecule has 11 heavy (non-hydrogen) atoms. The molecule has 0 bridgehead atoms. The molecule has 0 rings (SSSR count). The van der Waals surface area contributed by atoms with Crippen LogP contribution in [0.4, 0.5) is 4.79 Å². The molecular formula is CH4Li2O7Ti-4. The first-order valence-corrected chi connectivity index (χ1v) is 0.612. The van der Waals surface area contributed by atoms with Gasteiger partial charge in [-0.1, -0.05) is 0 Å². The van der Waals surface area contributed by atoms with Crippen LogP contribution in [0.15, 0.2) is 0 Å². The number of hydrogen-bond acceptors (Lipinski definition) is 7. The van der Waals surface area contributed by atoms with E-state index in [2.05, 4.69) is 0 Å². The molecule has 4 N–H and O–H groups in total. The van der Waals surface area contributed by atoms with E-state index in [1.165, 1.54) is 0 Å². The topological polar surface area (TPSA) is 183 Å². The molecule has 0 aliphatic heterocycles. The number of rotatable bonds is 0. The van der Waals surface area contributed by atoms with Crippen molar-refractivity contribution in [2.75, 3.05) is 0 Å². The van der Waals surface area contributed by atoms with Crippen molar-refractivity contribution in [3.05, 3.63) is 0 Å². The van der Waals surface area contributed by atoms with E-state index in [4.69, 9.17) is 15.0 Å². The molecule has 0 aromatic rings. The second-order valence-corrected chi connectivity index (χ2v) is 0.250. The average Bonchev–Trinajstić information content (AvgIpc) is 0.811. The van der Waals surface area contributed by atoms with Crippen molar-refractivity contribution in [3.8, 4) is 0 Å². The van der Waals surface area contributed by atoms with Crippen LogP contribution in [0.25, 0.3) is 0 Å². The van der Waals surface area contributed by atoms with Gasteiger partial charge < -0.3 is 36.9 Å². The fourth-order valence-corrected chi connectivity index (χ4v) is 0. The van der Waals surface area contributed by atoms with Gasteiger partial charge in [-0.25, -0.2) is 0 Å². The minimum atomic E-state index is -2.33. The zero-order valence-electron chi connectivity index (χ0n) is 6.01. The molecule has 0 atom stereocenters. The summed E-state index contributed by atoms with van der Waals surface area (Å²) in [5.74, 6) is 0. The zero-order valence-corrected chi connectivity index (χ0v) is 7.58. The van der Waals surface area contributed by atoms with E-state index >= 15 is 0 Å². The Labute approximate surface area is 102 Å². The molecule has 0 aromatic heterocycles. The minimum Gasteiger partial charge on any atom is -0.870 e. The van der Waals surface area contributed by atoms with Crippen LogP contribution >= 0.6 is 0 Å². The maximum absolute atomic E-state index is 8.33. The van der Waals surface area contributed by atoms with Crippen LogP contribution in [0.1, 0.15) is 0 Å². The maximum atomic E-state index is 8.33. The van der Waals surface area contributed by atoms with Gasteiger partial charge in [0.1, 0.15) is 0 Å². The average molecular weight is 190 g/mol. The first kappa shape index (κ1) is 90.3. The predicted molar refractivity (Wildman–Crippen MR) is 13.1 cm³/mol.